The van der Waals surface area contributed by atoms with E-state index in [-0.39, 0.29) is 0 Å². The summed E-state index contributed by atoms with van der Waals surface area (Å²) in [4.78, 5) is 71.1. The van der Waals surface area contributed by atoms with Gasteiger partial charge in [0.15, 0.2) is 0 Å². The molecule has 0 amide bonds. The largest absolute Gasteiger partial charge is 0.470 e. The van der Waals surface area contributed by atoms with Crippen LogP contribution in [0, 0.1) is 0 Å². The molecule has 1 aliphatic rings. The molecule has 0 unspecified atom stereocenters. The van der Waals surface area contributed by atoms with Crippen molar-refractivity contribution in [3.63, 3.8) is 0 Å². The lowest BCUT2D eigenvalue weighted by Crippen LogP contribution is -2.65. The van der Waals surface area contributed by atoms with E-state index in [0.29, 0.717) is 0 Å². The van der Waals surface area contributed by atoms with E-state index < -0.39 is 67.9 Å². The van der Waals surface area contributed by atoms with Crippen LogP contribution >= 0.6 is 31.3 Å². The maximum atomic E-state index is 11.1. The zero-order chi connectivity index (χ0) is 22.3. The summed E-state index contributed by atoms with van der Waals surface area (Å²) < 4.78 is 60.6. The zero-order valence-electron chi connectivity index (χ0n) is 13.0. The minimum absolute atomic E-state index is 2.60. The highest BCUT2D eigenvalue weighted by Crippen LogP contribution is 2.52. The fourth-order valence-corrected chi connectivity index (χ4v) is 4.51. The number of hydrogen-bond donors (Lipinski definition) is 10. The highest BCUT2D eigenvalue weighted by atomic mass is 31.2. The van der Waals surface area contributed by atoms with E-state index in [4.69, 9.17) is 39.1 Å². The molecule has 0 aromatic heterocycles. The molecule has 0 aliphatic heterocycles. The summed E-state index contributed by atoms with van der Waals surface area (Å²) in [7, 11) is -22.5. The van der Waals surface area contributed by atoms with E-state index in [0.717, 1.165) is 0 Å². The zero-order valence-corrected chi connectivity index (χ0v) is 16.6. The smallest absolute Gasteiger partial charge is 0.387 e. The highest BCUT2D eigenvalue weighted by molar-refractivity contribution is 7.47. The van der Waals surface area contributed by atoms with Crippen LogP contribution in [-0.2, 0) is 36.4 Å². The van der Waals surface area contributed by atoms with Gasteiger partial charge in [-0.25, -0.2) is 18.3 Å². The molecule has 0 aromatic carbocycles. The molecule has 168 valence electrons. The lowest BCUT2D eigenvalue weighted by molar-refractivity contribution is -0.209. The second kappa shape index (κ2) is 8.85. The van der Waals surface area contributed by atoms with Crippen molar-refractivity contribution >= 4 is 31.3 Å². The van der Waals surface area contributed by atoms with Gasteiger partial charge >= 0.3 is 31.3 Å². The first kappa shape index (κ1) is 26.4. The number of aliphatic hydroxyl groups is 2. The quantitative estimate of drug-likeness (QED) is 0.145. The monoisotopic (exact) mass is 500 g/mol. The Kier molecular flexibility index (Phi) is 8.34. The van der Waals surface area contributed by atoms with Crippen molar-refractivity contribution in [2.75, 3.05) is 0 Å². The fraction of sp³-hybridized carbons (Fsp3) is 1.00. The third kappa shape index (κ3) is 8.62. The summed E-state index contributed by atoms with van der Waals surface area (Å²) in [6.07, 6.45) is -15.9. The Morgan fingerprint density at radius 3 is 0.786 bits per heavy atom. The van der Waals surface area contributed by atoms with Crippen LogP contribution in [0.1, 0.15) is 0 Å². The van der Waals surface area contributed by atoms with Crippen molar-refractivity contribution in [3.8, 4) is 0 Å². The third-order valence-corrected chi connectivity index (χ3v) is 5.10. The number of phosphoric acid groups is 4. The van der Waals surface area contributed by atoms with Crippen molar-refractivity contribution < 1.29 is 85.7 Å². The molecular formula is C6H16O18P4. The van der Waals surface area contributed by atoms with Crippen LogP contribution in [0.25, 0.3) is 0 Å². The Morgan fingerprint density at radius 1 is 0.429 bits per heavy atom. The Hall–Kier alpha value is 0.360. The predicted octanol–water partition coefficient (Wildman–Crippen LogP) is -3.37. The van der Waals surface area contributed by atoms with Gasteiger partial charge in [-0.05, 0) is 0 Å². The summed E-state index contributed by atoms with van der Waals surface area (Å²) in [5.74, 6) is 0. The van der Waals surface area contributed by atoms with Crippen molar-refractivity contribution in [2.24, 2.45) is 0 Å². The number of phosphoric ester groups is 4. The van der Waals surface area contributed by atoms with Crippen LogP contribution in [0.3, 0.4) is 0 Å². The van der Waals surface area contributed by atoms with Crippen LogP contribution in [-0.4, -0.2) is 86.0 Å². The van der Waals surface area contributed by atoms with E-state index in [1.807, 2.05) is 0 Å². The van der Waals surface area contributed by atoms with Crippen molar-refractivity contribution in [3.05, 3.63) is 0 Å². The van der Waals surface area contributed by atoms with Gasteiger partial charge in [0.2, 0.25) is 0 Å². The number of aliphatic hydroxyl groups excluding tert-OH is 2. The molecule has 0 aromatic rings. The summed E-state index contributed by atoms with van der Waals surface area (Å²) in [5.41, 5.74) is 0. The number of rotatable bonds is 8. The van der Waals surface area contributed by atoms with Gasteiger partial charge in [0.25, 0.3) is 0 Å². The van der Waals surface area contributed by atoms with Crippen LogP contribution in [0.15, 0.2) is 0 Å². The topological polar surface area (TPSA) is 308 Å². The van der Waals surface area contributed by atoms with E-state index in [2.05, 4.69) is 18.1 Å². The fourth-order valence-electron chi connectivity index (χ4n) is 2.27. The standard InChI is InChI=1S/C6H16O18P4/c7-1-2(8)4(22-26(12,13)14)6(24-28(18,19)20)5(23-27(15,16)17)3(1)21-25(9,10)11/h1-8H,(H2,9,10,11)(H2,12,13,14)(H2,15,16,17)(H2,18,19,20)/t1-,2-,3+,4+,5-,6-/m1/s1. The minimum atomic E-state index is -5.67. The van der Waals surface area contributed by atoms with E-state index >= 15 is 0 Å². The molecule has 22 heteroatoms. The van der Waals surface area contributed by atoms with Crippen LogP contribution in [0.5, 0.6) is 0 Å². The molecule has 1 rings (SSSR count). The first-order chi connectivity index (χ1) is 12.2. The Bertz CT molecular complexity index is 664. The van der Waals surface area contributed by atoms with Gasteiger partial charge in [-0.15, -0.1) is 0 Å². The maximum absolute atomic E-state index is 11.1. The molecule has 1 aliphatic carbocycles. The van der Waals surface area contributed by atoms with E-state index in [9.17, 15) is 28.5 Å². The van der Waals surface area contributed by atoms with Gasteiger partial charge < -0.3 is 49.4 Å². The molecule has 1 fully saturated rings. The van der Waals surface area contributed by atoms with Crippen LogP contribution in [0.4, 0.5) is 0 Å². The van der Waals surface area contributed by atoms with Crippen LogP contribution in [0.2, 0.25) is 0 Å². The average Bonchev–Trinajstić information content (AvgIpc) is 2.39. The first-order valence-electron chi connectivity index (χ1n) is 6.52. The molecular weight excluding hydrogens is 484 g/mol. The highest BCUT2D eigenvalue weighted by Gasteiger charge is 2.58. The van der Waals surface area contributed by atoms with E-state index in [1.54, 1.807) is 0 Å². The predicted molar refractivity (Wildman–Crippen MR) is 79.7 cm³/mol. The first-order valence-corrected chi connectivity index (χ1v) is 12.6. The minimum Gasteiger partial charge on any atom is -0.387 e. The second-order valence-corrected chi connectivity index (χ2v) is 9.99. The Balaban J connectivity index is 3.53. The molecule has 1 saturated carbocycles. The summed E-state index contributed by atoms with van der Waals surface area (Å²) in [6, 6.07) is 0. The molecule has 0 radical (unpaired) electrons. The molecule has 10 N–H and O–H groups in total. The second-order valence-electron chi connectivity index (χ2n) is 5.22. The maximum Gasteiger partial charge on any atom is 0.470 e. The Morgan fingerprint density at radius 2 is 0.607 bits per heavy atom. The molecule has 18 nitrogen and oxygen atoms in total. The van der Waals surface area contributed by atoms with Crippen molar-refractivity contribution in [1.29, 1.82) is 0 Å². The van der Waals surface area contributed by atoms with Crippen LogP contribution < -0.4 is 0 Å². The third-order valence-electron chi connectivity index (χ3n) is 3.03. The average molecular weight is 500 g/mol. The van der Waals surface area contributed by atoms with Gasteiger partial charge in [-0.1, -0.05) is 0 Å². The van der Waals surface area contributed by atoms with Gasteiger partial charge in [0.05, 0.1) is 0 Å². The summed E-state index contributed by atoms with van der Waals surface area (Å²) >= 11 is 0. The van der Waals surface area contributed by atoms with Gasteiger partial charge in [-0.2, -0.15) is 0 Å². The van der Waals surface area contributed by atoms with Crippen molar-refractivity contribution in [1.82, 2.24) is 0 Å². The van der Waals surface area contributed by atoms with Gasteiger partial charge in [-0.3, -0.25) is 18.1 Å². The molecule has 6 atom stereocenters. The van der Waals surface area contributed by atoms with Gasteiger partial charge in [0.1, 0.15) is 36.6 Å². The van der Waals surface area contributed by atoms with Gasteiger partial charge in [0, 0.05) is 0 Å². The lowest BCUT2D eigenvalue weighted by Gasteiger charge is -2.45. The van der Waals surface area contributed by atoms with Crippen molar-refractivity contribution in [2.45, 2.75) is 36.6 Å². The molecule has 0 bridgehead atoms. The molecule has 0 heterocycles. The normalized spacial score (nSPS) is 33.1. The molecule has 0 spiro atoms. The lowest BCUT2D eigenvalue weighted by atomic mass is 9.85. The SMILES string of the molecule is O=P(O)(O)O[C@H]1[C@H](OP(=O)(O)O)[C@@H](OP(=O)(O)O)[C@H](O)[C@@H](O)[C@@H]1OP(=O)(O)O. The molecule has 28 heavy (non-hydrogen) atoms. The van der Waals surface area contributed by atoms with E-state index in [1.165, 1.54) is 0 Å². The number of hydrogen-bond acceptors (Lipinski definition) is 10. The summed E-state index contributed by atoms with van der Waals surface area (Å²) in [6.45, 7) is 0. The summed E-state index contributed by atoms with van der Waals surface area (Å²) in [5, 5.41) is 19.8. The molecule has 0 saturated heterocycles. The Labute approximate surface area is 154 Å².